The number of carbonyl (C=O) groups is 1. The molecule has 3 N–H and O–H groups in total. The number of methoxy groups -OCH3 is 1. The van der Waals surface area contributed by atoms with Gasteiger partial charge in [-0.3, -0.25) is 4.79 Å². The number of nitrogens with one attached hydrogen (secondary N) is 1. The number of ether oxygens (including phenoxy) is 1. The largest absolute Gasteiger partial charge is 0.497 e. The highest BCUT2D eigenvalue weighted by Crippen LogP contribution is 2.25. The minimum absolute atomic E-state index is 0.0886. The van der Waals surface area contributed by atoms with Crippen molar-refractivity contribution in [3.63, 3.8) is 0 Å². The molecule has 0 saturated heterocycles. The summed E-state index contributed by atoms with van der Waals surface area (Å²) in [7, 11) is 1.59. The fourth-order valence-corrected chi connectivity index (χ4v) is 2.56. The molecule has 19 heavy (non-hydrogen) atoms. The molecule has 0 heterocycles. The Morgan fingerprint density at radius 1 is 1.37 bits per heavy atom. The molecule has 104 valence electrons. The lowest BCUT2D eigenvalue weighted by atomic mass is 9.82. The van der Waals surface area contributed by atoms with Gasteiger partial charge in [-0.05, 0) is 31.0 Å². The smallest absolute Gasteiger partial charge is 0.251 e. The molecule has 1 amide bonds. The molecule has 4 nitrogen and oxygen atoms in total. The maximum Gasteiger partial charge on any atom is 0.251 e. The van der Waals surface area contributed by atoms with Gasteiger partial charge in [0.15, 0.2) is 0 Å². The molecular formula is C15H22N2O2. The molecule has 0 bridgehead atoms. The molecular weight excluding hydrogens is 240 g/mol. The Balaban J connectivity index is 1.93. The zero-order chi connectivity index (χ0) is 13.7. The van der Waals surface area contributed by atoms with Gasteiger partial charge in [-0.2, -0.15) is 0 Å². The van der Waals surface area contributed by atoms with Crippen molar-refractivity contribution in [2.24, 2.45) is 5.73 Å². The third kappa shape index (κ3) is 3.70. The highest BCUT2D eigenvalue weighted by Gasteiger charge is 2.27. The van der Waals surface area contributed by atoms with Crippen molar-refractivity contribution in [3.8, 4) is 5.75 Å². The predicted octanol–water partition coefficient (Wildman–Crippen LogP) is 2.09. The topological polar surface area (TPSA) is 64.3 Å². The fourth-order valence-electron chi connectivity index (χ4n) is 2.56. The molecule has 0 radical (unpaired) electrons. The van der Waals surface area contributed by atoms with Crippen molar-refractivity contribution in [1.29, 1.82) is 0 Å². The van der Waals surface area contributed by atoms with Gasteiger partial charge in [0.05, 0.1) is 7.11 Å². The second-order valence-electron chi connectivity index (χ2n) is 5.34. The van der Waals surface area contributed by atoms with E-state index in [4.69, 9.17) is 10.5 Å². The van der Waals surface area contributed by atoms with Crippen LogP contribution >= 0.6 is 0 Å². The Kier molecular flexibility index (Phi) is 4.43. The van der Waals surface area contributed by atoms with Gasteiger partial charge in [-0.15, -0.1) is 0 Å². The zero-order valence-corrected chi connectivity index (χ0v) is 11.4. The Morgan fingerprint density at radius 2 is 2.11 bits per heavy atom. The first-order valence-corrected chi connectivity index (χ1v) is 6.84. The monoisotopic (exact) mass is 262 g/mol. The van der Waals surface area contributed by atoms with E-state index in [0.717, 1.165) is 25.7 Å². The van der Waals surface area contributed by atoms with E-state index < -0.39 is 0 Å². The summed E-state index contributed by atoms with van der Waals surface area (Å²) in [6, 6.07) is 7.15. The maximum atomic E-state index is 12.1. The van der Waals surface area contributed by atoms with Crippen molar-refractivity contribution in [1.82, 2.24) is 5.32 Å². The molecule has 1 aliphatic rings. The Bertz CT molecular complexity index is 440. The van der Waals surface area contributed by atoms with Crippen LogP contribution in [0.1, 0.15) is 42.5 Å². The third-order valence-electron chi connectivity index (χ3n) is 3.78. The maximum absolute atomic E-state index is 12.1. The van der Waals surface area contributed by atoms with Gasteiger partial charge in [-0.25, -0.2) is 0 Å². The van der Waals surface area contributed by atoms with Gasteiger partial charge < -0.3 is 15.8 Å². The molecule has 0 atom stereocenters. The minimum atomic E-state index is -0.229. The molecule has 0 aromatic heterocycles. The third-order valence-corrected chi connectivity index (χ3v) is 3.78. The van der Waals surface area contributed by atoms with Crippen LogP contribution in [0.25, 0.3) is 0 Å². The minimum Gasteiger partial charge on any atom is -0.497 e. The first-order valence-electron chi connectivity index (χ1n) is 6.84. The van der Waals surface area contributed by atoms with Gasteiger partial charge >= 0.3 is 0 Å². The molecule has 1 aromatic carbocycles. The average Bonchev–Trinajstić information content (AvgIpc) is 2.46. The molecule has 1 aliphatic carbocycles. The molecule has 0 aliphatic heterocycles. The summed E-state index contributed by atoms with van der Waals surface area (Å²) in [5, 5.41) is 2.94. The number of benzene rings is 1. The van der Waals surface area contributed by atoms with E-state index in [2.05, 4.69) is 5.32 Å². The summed E-state index contributed by atoms with van der Waals surface area (Å²) in [4.78, 5) is 12.1. The average molecular weight is 262 g/mol. The van der Waals surface area contributed by atoms with Gasteiger partial charge in [0.1, 0.15) is 5.75 Å². The van der Waals surface area contributed by atoms with Crippen molar-refractivity contribution < 1.29 is 9.53 Å². The number of hydrogen-bond acceptors (Lipinski definition) is 3. The van der Waals surface area contributed by atoms with Crippen LogP contribution < -0.4 is 15.8 Å². The quantitative estimate of drug-likeness (QED) is 0.873. The highest BCUT2D eigenvalue weighted by atomic mass is 16.5. The van der Waals surface area contributed by atoms with Crippen LogP contribution in [0, 0.1) is 0 Å². The summed E-state index contributed by atoms with van der Waals surface area (Å²) in [6.07, 6.45) is 5.55. The second kappa shape index (κ2) is 6.06. The molecule has 0 unspecified atom stereocenters. The van der Waals surface area contributed by atoms with Crippen LogP contribution in [0.3, 0.4) is 0 Å². The number of nitrogens with two attached hydrogens (primary N) is 1. The van der Waals surface area contributed by atoms with Crippen LogP contribution in [-0.4, -0.2) is 25.1 Å². The molecule has 0 spiro atoms. The summed E-state index contributed by atoms with van der Waals surface area (Å²) in [5.41, 5.74) is 6.68. The van der Waals surface area contributed by atoms with Crippen LogP contribution in [0.5, 0.6) is 5.75 Å². The van der Waals surface area contributed by atoms with E-state index in [1.807, 2.05) is 12.1 Å². The number of carbonyl (C=O) groups excluding carboxylic acids is 1. The van der Waals surface area contributed by atoms with E-state index in [0.29, 0.717) is 17.9 Å². The Morgan fingerprint density at radius 3 is 2.79 bits per heavy atom. The molecule has 1 fully saturated rings. The van der Waals surface area contributed by atoms with Crippen molar-refractivity contribution in [2.75, 3.05) is 13.7 Å². The Hall–Kier alpha value is -1.55. The van der Waals surface area contributed by atoms with Crippen molar-refractivity contribution in [2.45, 2.75) is 37.6 Å². The SMILES string of the molecule is COc1cccc(C(=O)NCC2(N)CCCCC2)c1. The van der Waals surface area contributed by atoms with E-state index in [-0.39, 0.29) is 11.4 Å². The lowest BCUT2D eigenvalue weighted by molar-refractivity contribution is 0.0937. The lowest BCUT2D eigenvalue weighted by Gasteiger charge is -2.33. The van der Waals surface area contributed by atoms with Crippen LogP contribution in [-0.2, 0) is 0 Å². The first kappa shape index (κ1) is 13.9. The molecule has 1 aromatic rings. The Labute approximate surface area is 114 Å². The number of rotatable bonds is 4. The molecule has 4 heteroatoms. The normalized spacial score (nSPS) is 17.8. The summed E-state index contributed by atoms with van der Waals surface area (Å²) in [6.45, 7) is 0.545. The number of amides is 1. The summed E-state index contributed by atoms with van der Waals surface area (Å²) in [5.74, 6) is 0.599. The standard InChI is InChI=1S/C15H22N2O2/c1-19-13-7-5-6-12(10-13)14(18)17-11-15(16)8-3-2-4-9-15/h5-7,10H,2-4,8-9,11,16H2,1H3,(H,17,18). The molecule has 1 saturated carbocycles. The number of hydrogen-bond donors (Lipinski definition) is 2. The van der Waals surface area contributed by atoms with Crippen LogP contribution in [0.15, 0.2) is 24.3 Å². The first-order chi connectivity index (χ1) is 9.13. The van der Waals surface area contributed by atoms with E-state index >= 15 is 0 Å². The fraction of sp³-hybridized carbons (Fsp3) is 0.533. The van der Waals surface area contributed by atoms with Crippen LogP contribution in [0.4, 0.5) is 0 Å². The summed E-state index contributed by atoms with van der Waals surface area (Å²) < 4.78 is 5.11. The van der Waals surface area contributed by atoms with Crippen LogP contribution in [0.2, 0.25) is 0 Å². The van der Waals surface area contributed by atoms with Crippen molar-refractivity contribution in [3.05, 3.63) is 29.8 Å². The predicted molar refractivity (Wildman–Crippen MR) is 75.3 cm³/mol. The van der Waals surface area contributed by atoms with Crippen molar-refractivity contribution >= 4 is 5.91 Å². The van der Waals surface area contributed by atoms with E-state index in [1.54, 1.807) is 19.2 Å². The van der Waals surface area contributed by atoms with E-state index in [1.165, 1.54) is 6.42 Å². The zero-order valence-electron chi connectivity index (χ0n) is 11.4. The molecule has 2 rings (SSSR count). The van der Waals surface area contributed by atoms with E-state index in [9.17, 15) is 4.79 Å². The van der Waals surface area contributed by atoms with Gasteiger partial charge in [0, 0.05) is 17.6 Å². The summed E-state index contributed by atoms with van der Waals surface area (Å²) >= 11 is 0. The highest BCUT2D eigenvalue weighted by molar-refractivity contribution is 5.94. The second-order valence-corrected chi connectivity index (χ2v) is 5.34. The van der Waals surface area contributed by atoms with Gasteiger partial charge in [0.25, 0.3) is 5.91 Å². The van der Waals surface area contributed by atoms with Gasteiger partial charge in [-0.1, -0.05) is 25.3 Å². The lowest BCUT2D eigenvalue weighted by Crippen LogP contribution is -2.51. The van der Waals surface area contributed by atoms with Gasteiger partial charge in [0.2, 0.25) is 0 Å².